The molecule has 2 aromatic rings. The van der Waals surface area contributed by atoms with Crippen LogP contribution in [-0.2, 0) is 9.53 Å². The van der Waals surface area contributed by atoms with Gasteiger partial charge in [0.15, 0.2) is 0 Å². The lowest BCUT2D eigenvalue weighted by atomic mass is 9.84. The molecule has 0 N–H and O–H groups in total. The van der Waals surface area contributed by atoms with Crippen molar-refractivity contribution < 1.29 is 9.53 Å². The van der Waals surface area contributed by atoms with Crippen molar-refractivity contribution >= 4 is 5.97 Å². The van der Waals surface area contributed by atoms with Crippen molar-refractivity contribution in [1.82, 2.24) is 4.90 Å². The van der Waals surface area contributed by atoms with Crippen LogP contribution in [0.5, 0.6) is 0 Å². The number of esters is 1. The number of methoxy groups -OCH3 is 1. The molecule has 0 amide bonds. The third kappa shape index (κ3) is 2.64. The zero-order valence-electron chi connectivity index (χ0n) is 13.0. The Kier molecular flexibility index (Phi) is 4.25. The summed E-state index contributed by atoms with van der Waals surface area (Å²) >= 11 is 0. The topological polar surface area (TPSA) is 29.5 Å². The van der Waals surface area contributed by atoms with Crippen LogP contribution in [0.4, 0.5) is 0 Å². The van der Waals surface area contributed by atoms with Gasteiger partial charge >= 0.3 is 5.97 Å². The first-order valence-corrected chi connectivity index (χ1v) is 7.66. The Hall–Kier alpha value is -2.13. The lowest BCUT2D eigenvalue weighted by molar-refractivity contribution is -0.157. The van der Waals surface area contributed by atoms with Gasteiger partial charge in [-0.25, -0.2) is 0 Å². The van der Waals surface area contributed by atoms with Gasteiger partial charge in [0, 0.05) is 12.6 Å². The van der Waals surface area contributed by atoms with Crippen molar-refractivity contribution in [3.63, 3.8) is 0 Å². The highest BCUT2D eigenvalue weighted by Gasteiger charge is 2.45. The predicted molar refractivity (Wildman–Crippen MR) is 86.4 cm³/mol. The summed E-state index contributed by atoms with van der Waals surface area (Å²) in [6, 6.07) is 21.3. The van der Waals surface area contributed by atoms with Gasteiger partial charge in [-0.3, -0.25) is 9.69 Å². The molecule has 114 valence electrons. The zero-order chi connectivity index (χ0) is 15.5. The molecule has 1 aliphatic heterocycles. The molecule has 0 aliphatic carbocycles. The van der Waals surface area contributed by atoms with Gasteiger partial charge in [-0.05, 0) is 18.1 Å². The van der Waals surface area contributed by atoms with Gasteiger partial charge in [-0.15, -0.1) is 0 Å². The summed E-state index contributed by atoms with van der Waals surface area (Å²) in [6.07, 6.45) is 0. The third-order valence-electron chi connectivity index (χ3n) is 4.58. The van der Waals surface area contributed by atoms with Gasteiger partial charge in [0.25, 0.3) is 0 Å². The Balaban J connectivity index is 1.90. The predicted octanol–water partition coefficient (Wildman–Crippen LogP) is 3.27. The molecule has 1 aliphatic rings. The molecule has 1 heterocycles. The van der Waals surface area contributed by atoms with Crippen molar-refractivity contribution in [2.75, 3.05) is 13.7 Å². The molecule has 2 atom stereocenters. The minimum absolute atomic E-state index is 0.0278. The molecule has 1 fully saturated rings. The van der Waals surface area contributed by atoms with E-state index in [1.54, 1.807) is 0 Å². The molecule has 0 unspecified atom stereocenters. The van der Waals surface area contributed by atoms with E-state index in [9.17, 15) is 4.79 Å². The van der Waals surface area contributed by atoms with Gasteiger partial charge in [0.1, 0.15) is 0 Å². The maximum atomic E-state index is 11.8. The summed E-state index contributed by atoms with van der Waals surface area (Å²) in [6.45, 7) is 2.84. The van der Waals surface area contributed by atoms with Crippen LogP contribution in [0.2, 0.25) is 0 Å². The summed E-state index contributed by atoms with van der Waals surface area (Å²) < 4.78 is 4.90. The fourth-order valence-corrected chi connectivity index (χ4v) is 3.25. The monoisotopic (exact) mass is 295 g/mol. The summed E-state index contributed by atoms with van der Waals surface area (Å²) in [5, 5.41) is 0. The Bertz CT molecular complexity index is 587. The maximum absolute atomic E-state index is 11.8. The molecule has 3 heteroatoms. The zero-order valence-corrected chi connectivity index (χ0v) is 13.0. The Morgan fingerprint density at radius 3 is 1.95 bits per heavy atom. The SMILES string of the molecule is COC(=O)[C@@H]1CN(C(c2ccccc2)c2ccccc2)[C@@H]1C. The average Bonchev–Trinajstić information content (AvgIpc) is 2.58. The number of rotatable bonds is 4. The van der Waals surface area contributed by atoms with Crippen molar-refractivity contribution in [1.29, 1.82) is 0 Å². The maximum Gasteiger partial charge on any atom is 0.311 e. The number of likely N-dealkylation sites (tertiary alicyclic amines) is 1. The molecule has 0 bridgehead atoms. The number of hydrogen-bond acceptors (Lipinski definition) is 3. The van der Waals surface area contributed by atoms with Crippen molar-refractivity contribution in [3.8, 4) is 0 Å². The molecule has 0 radical (unpaired) electrons. The van der Waals surface area contributed by atoms with Crippen LogP contribution in [0.15, 0.2) is 60.7 Å². The smallest absolute Gasteiger partial charge is 0.311 e. The summed E-state index contributed by atoms with van der Waals surface area (Å²) in [7, 11) is 1.46. The van der Waals surface area contributed by atoms with Gasteiger partial charge in [0.05, 0.1) is 19.1 Å². The first kappa shape index (κ1) is 14.8. The second-order valence-corrected chi connectivity index (χ2v) is 5.79. The van der Waals surface area contributed by atoms with Gasteiger partial charge in [0.2, 0.25) is 0 Å². The van der Waals surface area contributed by atoms with Crippen LogP contribution in [0, 0.1) is 5.92 Å². The highest BCUT2D eigenvalue weighted by molar-refractivity contribution is 5.74. The van der Waals surface area contributed by atoms with Crippen LogP contribution >= 0.6 is 0 Å². The van der Waals surface area contributed by atoms with Crippen LogP contribution in [0.25, 0.3) is 0 Å². The van der Waals surface area contributed by atoms with E-state index in [-0.39, 0.29) is 24.0 Å². The quantitative estimate of drug-likeness (QED) is 0.811. The van der Waals surface area contributed by atoms with Gasteiger partial charge in [-0.1, -0.05) is 60.7 Å². The summed E-state index contributed by atoms with van der Waals surface area (Å²) in [4.78, 5) is 14.2. The van der Waals surface area contributed by atoms with Crippen molar-refractivity contribution in [2.24, 2.45) is 5.92 Å². The molecular formula is C19H21NO2. The fraction of sp³-hybridized carbons (Fsp3) is 0.316. The third-order valence-corrected chi connectivity index (χ3v) is 4.58. The normalized spacial score (nSPS) is 21.4. The van der Waals surface area contributed by atoms with E-state index < -0.39 is 0 Å². The number of ether oxygens (including phenoxy) is 1. The number of nitrogens with zero attached hydrogens (tertiary/aromatic N) is 1. The minimum Gasteiger partial charge on any atom is -0.469 e. The van der Waals surface area contributed by atoms with Crippen LogP contribution < -0.4 is 0 Å². The Morgan fingerprint density at radius 2 is 1.55 bits per heavy atom. The average molecular weight is 295 g/mol. The van der Waals surface area contributed by atoms with E-state index in [2.05, 4.69) is 60.4 Å². The van der Waals surface area contributed by atoms with E-state index in [0.717, 1.165) is 6.54 Å². The van der Waals surface area contributed by atoms with Crippen molar-refractivity contribution in [3.05, 3.63) is 71.8 Å². The van der Waals surface area contributed by atoms with E-state index in [1.165, 1.54) is 18.2 Å². The lowest BCUT2D eigenvalue weighted by Crippen LogP contribution is -2.59. The number of carbonyl (C=O) groups excluding carboxylic acids is 1. The number of hydrogen-bond donors (Lipinski definition) is 0. The molecule has 1 saturated heterocycles. The molecule has 2 aromatic carbocycles. The fourth-order valence-electron chi connectivity index (χ4n) is 3.25. The van der Waals surface area contributed by atoms with Crippen LogP contribution in [-0.4, -0.2) is 30.6 Å². The molecule has 22 heavy (non-hydrogen) atoms. The highest BCUT2D eigenvalue weighted by atomic mass is 16.5. The molecule has 3 nitrogen and oxygen atoms in total. The number of benzene rings is 2. The Labute approximate surface area is 131 Å². The number of carbonyl (C=O) groups is 1. The van der Waals surface area contributed by atoms with E-state index in [1.807, 2.05) is 12.1 Å². The largest absolute Gasteiger partial charge is 0.469 e. The second kappa shape index (κ2) is 6.32. The van der Waals surface area contributed by atoms with E-state index in [0.29, 0.717) is 0 Å². The van der Waals surface area contributed by atoms with Crippen LogP contribution in [0.1, 0.15) is 24.1 Å². The molecule has 0 spiro atoms. The Morgan fingerprint density at radius 1 is 1.05 bits per heavy atom. The molecule has 0 aromatic heterocycles. The van der Waals surface area contributed by atoms with E-state index >= 15 is 0 Å². The first-order valence-electron chi connectivity index (χ1n) is 7.66. The first-order chi connectivity index (χ1) is 10.7. The summed E-state index contributed by atoms with van der Waals surface area (Å²) in [5.74, 6) is -0.136. The minimum atomic E-state index is -0.108. The van der Waals surface area contributed by atoms with Gasteiger partial charge < -0.3 is 4.74 Å². The van der Waals surface area contributed by atoms with Crippen LogP contribution in [0.3, 0.4) is 0 Å². The highest BCUT2D eigenvalue weighted by Crippen LogP contribution is 2.38. The molecule has 3 rings (SSSR count). The molecule has 0 saturated carbocycles. The molecular weight excluding hydrogens is 274 g/mol. The standard InChI is InChI=1S/C19H21NO2/c1-14-17(19(21)22-2)13-20(14)18(15-9-5-3-6-10-15)16-11-7-4-8-12-16/h3-12,14,17-18H,13H2,1-2H3/t14-,17-/m1/s1. The van der Waals surface area contributed by atoms with Gasteiger partial charge in [-0.2, -0.15) is 0 Å². The summed E-state index contributed by atoms with van der Waals surface area (Å²) in [5.41, 5.74) is 2.51. The van der Waals surface area contributed by atoms with E-state index in [4.69, 9.17) is 4.74 Å². The lowest BCUT2D eigenvalue weighted by Gasteiger charge is -2.49. The second-order valence-electron chi connectivity index (χ2n) is 5.79. The van der Waals surface area contributed by atoms with Crippen molar-refractivity contribution in [2.45, 2.75) is 19.0 Å².